The van der Waals surface area contributed by atoms with Gasteiger partial charge in [-0.1, -0.05) is 0 Å². The molecule has 2 fully saturated rings. The van der Waals surface area contributed by atoms with Crippen molar-refractivity contribution in [1.82, 2.24) is 10.6 Å². The highest BCUT2D eigenvalue weighted by molar-refractivity contribution is 8.00. The molecular weight excluding hydrogens is 132 g/mol. The number of rotatable bonds is 0. The first kappa shape index (κ1) is 6.01. The van der Waals surface area contributed by atoms with Crippen molar-refractivity contribution in [2.45, 2.75) is 17.7 Å². The summed E-state index contributed by atoms with van der Waals surface area (Å²) in [6.07, 6.45) is 1.35. The minimum absolute atomic E-state index is 0.767. The molecule has 2 aliphatic rings. The predicted molar refractivity (Wildman–Crippen MR) is 40.7 cm³/mol. The van der Waals surface area contributed by atoms with Gasteiger partial charge in [-0.05, 0) is 13.0 Å². The zero-order chi connectivity index (χ0) is 6.10. The smallest absolute Gasteiger partial charge is 0.0424 e. The zero-order valence-corrected chi connectivity index (χ0v) is 6.21. The van der Waals surface area contributed by atoms with Gasteiger partial charge >= 0.3 is 0 Å². The van der Waals surface area contributed by atoms with Crippen LogP contribution in [0.4, 0.5) is 0 Å². The van der Waals surface area contributed by atoms with E-state index in [1.54, 1.807) is 0 Å². The summed E-state index contributed by atoms with van der Waals surface area (Å²) in [5.74, 6) is 1.16. The molecule has 0 radical (unpaired) electrons. The molecule has 2 nitrogen and oxygen atoms in total. The second kappa shape index (κ2) is 2.48. The third-order valence-electron chi connectivity index (χ3n) is 2.06. The Hall–Kier alpha value is 0.270. The second-order valence-corrected chi connectivity index (χ2v) is 3.88. The Kier molecular flexibility index (Phi) is 1.66. The summed E-state index contributed by atoms with van der Waals surface area (Å²) in [6.45, 7) is 2.40. The summed E-state index contributed by atoms with van der Waals surface area (Å²) in [6, 6.07) is 0.767. The van der Waals surface area contributed by atoms with Gasteiger partial charge in [0.15, 0.2) is 0 Å². The van der Waals surface area contributed by atoms with Gasteiger partial charge in [0.05, 0.1) is 0 Å². The van der Waals surface area contributed by atoms with Gasteiger partial charge in [-0.2, -0.15) is 0 Å². The van der Waals surface area contributed by atoms with Crippen molar-refractivity contribution in [1.29, 1.82) is 0 Å². The number of hydrogen-bond donors (Lipinski definition) is 2. The molecule has 52 valence electrons. The molecule has 0 aromatic carbocycles. The van der Waals surface area contributed by atoms with Crippen molar-refractivity contribution >= 4 is 11.8 Å². The summed E-state index contributed by atoms with van der Waals surface area (Å²) in [5.41, 5.74) is 0. The van der Waals surface area contributed by atoms with E-state index in [4.69, 9.17) is 0 Å². The van der Waals surface area contributed by atoms with Crippen LogP contribution in [0.5, 0.6) is 0 Å². The number of nitrogens with one attached hydrogen (secondary N) is 2. The quantitative estimate of drug-likeness (QED) is 0.501. The van der Waals surface area contributed by atoms with Crippen LogP contribution in [-0.2, 0) is 0 Å². The van der Waals surface area contributed by atoms with Crippen LogP contribution in [0.15, 0.2) is 0 Å². The van der Waals surface area contributed by atoms with Gasteiger partial charge in [-0.15, -0.1) is 11.8 Å². The van der Waals surface area contributed by atoms with Crippen molar-refractivity contribution < 1.29 is 0 Å². The Bertz CT molecular complexity index is 95.2. The summed E-state index contributed by atoms with van der Waals surface area (Å²) in [5, 5.41) is 7.75. The summed E-state index contributed by atoms with van der Waals surface area (Å²) < 4.78 is 0. The van der Waals surface area contributed by atoms with Crippen LogP contribution in [0, 0.1) is 0 Å². The minimum atomic E-state index is 0.767. The zero-order valence-electron chi connectivity index (χ0n) is 5.39. The Morgan fingerprint density at radius 2 is 2.44 bits per heavy atom. The molecule has 3 heteroatoms. The molecule has 2 aliphatic heterocycles. The fourth-order valence-corrected chi connectivity index (χ4v) is 2.73. The van der Waals surface area contributed by atoms with Crippen molar-refractivity contribution in [2.24, 2.45) is 0 Å². The molecule has 2 rings (SSSR count). The van der Waals surface area contributed by atoms with Gasteiger partial charge in [0.1, 0.15) is 0 Å². The van der Waals surface area contributed by atoms with Crippen LogP contribution in [0.3, 0.4) is 0 Å². The van der Waals surface area contributed by atoms with E-state index >= 15 is 0 Å². The molecular formula is C6H12N2S. The Labute approximate surface area is 59.8 Å². The third kappa shape index (κ3) is 1.09. The maximum Gasteiger partial charge on any atom is 0.0424 e. The number of thioether (sulfide) groups is 1. The standard InChI is InChI=1S/C6H12N2S/c1-2-7-3-5-6(1)9-4-8-5/h5-8H,1-4H2. The van der Waals surface area contributed by atoms with E-state index in [1.807, 2.05) is 0 Å². The van der Waals surface area contributed by atoms with Crippen molar-refractivity contribution in [3.63, 3.8) is 0 Å². The van der Waals surface area contributed by atoms with Crippen molar-refractivity contribution in [3.8, 4) is 0 Å². The lowest BCUT2D eigenvalue weighted by Crippen LogP contribution is -2.45. The summed E-state index contributed by atoms with van der Waals surface area (Å²) in [7, 11) is 0. The van der Waals surface area contributed by atoms with Gasteiger partial charge < -0.3 is 10.6 Å². The normalized spacial score (nSPS) is 42.7. The maximum atomic E-state index is 3.46. The molecule has 9 heavy (non-hydrogen) atoms. The molecule has 2 N–H and O–H groups in total. The molecule has 0 aromatic rings. The molecule has 0 aromatic heterocycles. The minimum Gasteiger partial charge on any atom is -0.315 e. The Balaban J connectivity index is 1.97. The van der Waals surface area contributed by atoms with E-state index < -0.39 is 0 Å². The first-order chi connectivity index (χ1) is 4.47. The first-order valence-electron chi connectivity index (χ1n) is 3.52. The van der Waals surface area contributed by atoms with Crippen LogP contribution in [0.2, 0.25) is 0 Å². The van der Waals surface area contributed by atoms with E-state index in [9.17, 15) is 0 Å². The van der Waals surface area contributed by atoms with Crippen LogP contribution >= 0.6 is 11.8 Å². The highest BCUT2D eigenvalue weighted by Gasteiger charge is 2.28. The molecule has 2 saturated heterocycles. The van der Waals surface area contributed by atoms with Crippen LogP contribution < -0.4 is 10.6 Å². The molecule has 0 aliphatic carbocycles. The molecule has 2 heterocycles. The number of hydrogen-bond acceptors (Lipinski definition) is 3. The Morgan fingerprint density at radius 3 is 3.33 bits per heavy atom. The molecule has 0 bridgehead atoms. The van der Waals surface area contributed by atoms with E-state index in [2.05, 4.69) is 22.4 Å². The average Bonchev–Trinajstić information content (AvgIpc) is 2.33. The fraction of sp³-hybridized carbons (Fsp3) is 1.00. The Morgan fingerprint density at radius 1 is 1.44 bits per heavy atom. The summed E-state index contributed by atoms with van der Waals surface area (Å²) in [4.78, 5) is 0. The molecule has 0 saturated carbocycles. The van der Waals surface area contributed by atoms with Gasteiger partial charge in [0, 0.05) is 23.7 Å². The largest absolute Gasteiger partial charge is 0.315 e. The van der Waals surface area contributed by atoms with Crippen molar-refractivity contribution in [3.05, 3.63) is 0 Å². The van der Waals surface area contributed by atoms with Gasteiger partial charge in [0.25, 0.3) is 0 Å². The second-order valence-electron chi connectivity index (χ2n) is 2.65. The van der Waals surface area contributed by atoms with E-state index in [1.165, 1.54) is 19.5 Å². The highest BCUT2D eigenvalue weighted by atomic mass is 32.2. The third-order valence-corrected chi connectivity index (χ3v) is 3.39. The number of piperidine rings is 1. The van der Waals surface area contributed by atoms with Crippen LogP contribution in [-0.4, -0.2) is 30.3 Å². The lowest BCUT2D eigenvalue weighted by Gasteiger charge is -2.24. The molecule has 0 spiro atoms. The first-order valence-corrected chi connectivity index (χ1v) is 4.57. The topological polar surface area (TPSA) is 24.1 Å². The molecule has 2 unspecified atom stereocenters. The SMILES string of the molecule is C1CC2SCNC2CN1. The van der Waals surface area contributed by atoms with E-state index in [-0.39, 0.29) is 0 Å². The van der Waals surface area contributed by atoms with E-state index in [0.29, 0.717) is 0 Å². The monoisotopic (exact) mass is 144 g/mol. The average molecular weight is 144 g/mol. The number of fused-ring (bicyclic) bond motifs is 1. The van der Waals surface area contributed by atoms with Gasteiger partial charge in [0.2, 0.25) is 0 Å². The van der Waals surface area contributed by atoms with Crippen LogP contribution in [0.25, 0.3) is 0 Å². The van der Waals surface area contributed by atoms with Gasteiger partial charge in [-0.3, -0.25) is 0 Å². The summed E-state index contributed by atoms with van der Waals surface area (Å²) >= 11 is 2.08. The van der Waals surface area contributed by atoms with Crippen molar-refractivity contribution in [2.75, 3.05) is 19.0 Å². The van der Waals surface area contributed by atoms with Crippen LogP contribution in [0.1, 0.15) is 6.42 Å². The molecule has 0 amide bonds. The molecule has 2 atom stereocenters. The predicted octanol–water partition coefficient (Wildman–Crippen LogP) is 0.0108. The highest BCUT2D eigenvalue weighted by Crippen LogP contribution is 2.24. The lowest BCUT2D eigenvalue weighted by molar-refractivity contribution is 0.436. The van der Waals surface area contributed by atoms with Gasteiger partial charge in [-0.25, -0.2) is 0 Å². The lowest BCUT2D eigenvalue weighted by atomic mass is 10.1. The van der Waals surface area contributed by atoms with E-state index in [0.717, 1.165) is 17.2 Å². The fourth-order valence-electron chi connectivity index (χ4n) is 1.50. The maximum absolute atomic E-state index is 3.46.